The van der Waals surface area contributed by atoms with Crippen molar-refractivity contribution in [3.8, 4) is 17.2 Å². The standard InChI is InChI=1S/C12H9O2/c13-10-6-8-12(9-7-10)14-11-4-2-1-3-5-11/h1-2,4-9,13H. The Morgan fingerprint density at radius 2 is 1.79 bits per heavy atom. The fourth-order valence-electron chi connectivity index (χ4n) is 1.09. The third-order valence-corrected chi connectivity index (χ3v) is 1.75. The molecule has 2 aromatic rings. The first-order valence-corrected chi connectivity index (χ1v) is 4.27. The van der Waals surface area contributed by atoms with E-state index >= 15 is 0 Å². The molecule has 0 amide bonds. The average Bonchev–Trinajstić information content (AvgIpc) is 2.23. The molecule has 2 rings (SSSR count). The lowest BCUT2D eigenvalue weighted by Crippen LogP contribution is -1.82. The lowest BCUT2D eigenvalue weighted by molar-refractivity contribution is 0.464. The molecule has 0 aliphatic heterocycles. The summed E-state index contributed by atoms with van der Waals surface area (Å²) in [6.45, 7) is 0. The van der Waals surface area contributed by atoms with Gasteiger partial charge in [-0.25, -0.2) is 0 Å². The van der Waals surface area contributed by atoms with Gasteiger partial charge in [0.1, 0.15) is 17.2 Å². The van der Waals surface area contributed by atoms with Gasteiger partial charge in [-0.3, -0.25) is 0 Å². The summed E-state index contributed by atoms with van der Waals surface area (Å²) in [5.41, 5.74) is 0. The number of phenols is 1. The van der Waals surface area contributed by atoms with Crippen LogP contribution in [0.5, 0.6) is 17.2 Å². The summed E-state index contributed by atoms with van der Waals surface area (Å²) in [4.78, 5) is 0. The summed E-state index contributed by atoms with van der Waals surface area (Å²) in [6, 6.07) is 16.8. The molecule has 0 heterocycles. The lowest BCUT2D eigenvalue weighted by Gasteiger charge is -2.04. The Morgan fingerprint density at radius 3 is 2.43 bits per heavy atom. The van der Waals surface area contributed by atoms with Crippen LogP contribution in [0, 0.1) is 6.07 Å². The van der Waals surface area contributed by atoms with E-state index in [1.807, 2.05) is 18.2 Å². The molecule has 0 saturated carbocycles. The van der Waals surface area contributed by atoms with Crippen LogP contribution in [-0.4, -0.2) is 5.11 Å². The Morgan fingerprint density at radius 1 is 1.00 bits per heavy atom. The molecule has 0 fully saturated rings. The van der Waals surface area contributed by atoms with Crippen molar-refractivity contribution in [3.63, 3.8) is 0 Å². The molecule has 1 N–H and O–H groups in total. The molecule has 2 aromatic carbocycles. The molecule has 0 spiro atoms. The first kappa shape index (κ1) is 8.63. The number of phenolic OH excluding ortho intramolecular Hbond substituents is 1. The summed E-state index contributed by atoms with van der Waals surface area (Å²) in [7, 11) is 0. The van der Waals surface area contributed by atoms with Gasteiger partial charge in [-0.1, -0.05) is 12.1 Å². The Labute approximate surface area is 82.4 Å². The van der Waals surface area contributed by atoms with Crippen LogP contribution in [0.3, 0.4) is 0 Å². The zero-order chi connectivity index (χ0) is 9.80. The van der Waals surface area contributed by atoms with Gasteiger partial charge in [-0.15, -0.1) is 0 Å². The van der Waals surface area contributed by atoms with Gasteiger partial charge in [-0.2, -0.15) is 0 Å². The van der Waals surface area contributed by atoms with Crippen molar-refractivity contribution in [2.24, 2.45) is 0 Å². The Kier molecular flexibility index (Phi) is 2.36. The number of rotatable bonds is 2. The number of benzene rings is 2. The molecule has 2 heteroatoms. The summed E-state index contributed by atoms with van der Waals surface area (Å²) in [6.07, 6.45) is 0. The summed E-state index contributed by atoms with van der Waals surface area (Å²) in [5.74, 6) is 1.66. The summed E-state index contributed by atoms with van der Waals surface area (Å²) >= 11 is 0. The normalized spacial score (nSPS) is 9.71. The van der Waals surface area contributed by atoms with Gasteiger partial charge in [0.05, 0.1) is 0 Å². The highest BCUT2D eigenvalue weighted by Gasteiger charge is 1.95. The number of aromatic hydroxyl groups is 1. The number of hydrogen-bond donors (Lipinski definition) is 1. The van der Waals surface area contributed by atoms with Crippen molar-refractivity contribution in [2.45, 2.75) is 0 Å². The monoisotopic (exact) mass is 185 g/mol. The van der Waals surface area contributed by atoms with Crippen LogP contribution in [0.25, 0.3) is 0 Å². The minimum Gasteiger partial charge on any atom is -0.508 e. The van der Waals surface area contributed by atoms with E-state index < -0.39 is 0 Å². The average molecular weight is 185 g/mol. The number of hydrogen-bond acceptors (Lipinski definition) is 2. The molecule has 69 valence electrons. The van der Waals surface area contributed by atoms with Crippen molar-refractivity contribution in [2.75, 3.05) is 0 Å². The SMILES string of the molecule is Oc1ccc(Oc2c[c]ccc2)cc1. The summed E-state index contributed by atoms with van der Waals surface area (Å²) in [5, 5.41) is 9.06. The van der Waals surface area contributed by atoms with E-state index in [0.717, 1.165) is 5.75 Å². The van der Waals surface area contributed by atoms with Crippen LogP contribution in [-0.2, 0) is 0 Å². The maximum Gasteiger partial charge on any atom is 0.128 e. The van der Waals surface area contributed by atoms with Crippen molar-refractivity contribution in [1.82, 2.24) is 0 Å². The minimum atomic E-state index is 0.233. The van der Waals surface area contributed by atoms with Crippen molar-refractivity contribution >= 4 is 0 Å². The number of ether oxygens (including phenoxy) is 1. The Hall–Kier alpha value is -1.96. The van der Waals surface area contributed by atoms with E-state index in [-0.39, 0.29) is 5.75 Å². The first-order valence-electron chi connectivity index (χ1n) is 4.27. The molecule has 0 bridgehead atoms. The molecule has 14 heavy (non-hydrogen) atoms. The molecule has 0 atom stereocenters. The van der Waals surface area contributed by atoms with E-state index in [9.17, 15) is 0 Å². The van der Waals surface area contributed by atoms with Gasteiger partial charge in [0, 0.05) is 0 Å². The van der Waals surface area contributed by atoms with Crippen LogP contribution in [0.4, 0.5) is 0 Å². The maximum absolute atomic E-state index is 9.06. The third kappa shape index (κ3) is 2.04. The smallest absolute Gasteiger partial charge is 0.128 e. The van der Waals surface area contributed by atoms with Crippen LogP contribution >= 0.6 is 0 Å². The molecule has 1 radical (unpaired) electrons. The van der Waals surface area contributed by atoms with Crippen LogP contribution in [0.1, 0.15) is 0 Å². The van der Waals surface area contributed by atoms with Gasteiger partial charge in [0.2, 0.25) is 0 Å². The topological polar surface area (TPSA) is 29.5 Å². The highest BCUT2D eigenvalue weighted by Crippen LogP contribution is 2.22. The molecule has 0 aliphatic rings. The van der Waals surface area contributed by atoms with Crippen LogP contribution < -0.4 is 4.74 Å². The van der Waals surface area contributed by atoms with E-state index in [1.54, 1.807) is 30.3 Å². The van der Waals surface area contributed by atoms with E-state index in [1.165, 1.54) is 0 Å². The van der Waals surface area contributed by atoms with Crippen LogP contribution in [0.2, 0.25) is 0 Å². The highest BCUT2D eigenvalue weighted by molar-refractivity contribution is 5.34. The van der Waals surface area contributed by atoms with Gasteiger partial charge in [0.25, 0.3) is 0 Å². The lowest BCUT2D eigenvalue weighted by atomic mass is 10.3. The second kappa shape index (κ2) is 3.83. The molecule has 0 saturated heterocycles. The molecular weight excluding hydrogens is 176 g/mol. The highest BCUT2D eigenvalue weighted by atomic mass is 16.5. The molecule has 0 aliphatic carbocycles. The van der Waals surface area contributed by atoms with Gasteiger partial charge in [-0.05, 0) is 42.5 Å². The van der Waals surface area contributed by atoms with Gasteiger partial charge in [0.15, 0.2) is 0 Å². The van der Waals surface area contributed by atoms with E-state index in [0.29, 0.717) is 5.75 Å². The quantitative estimate of drug-likeness (QED) is 0.779. The zero-order valence-corrected chi connectivity index (χ0v) is 7.47. The second-order valence-electron chi connectivity index (χ2n) is 2.84. The fourth-order valence-corrected chi connectivity index (χ4v) is 1.09. The molecular formula is C12H9O2. The van der Waals surface area contributed by atoms with Crippen molar-refractivity contribution in [3.05, 3.63) is 54.6 Å². The molecule has 0 aromatic heterocycles. The summed E-state index contributed by atoms with van der Waals surface area (Å²) < 4.78 is 5.49. The van der Waals surface area contributed by atoms with Crippen LogP contribution in [0.15, 0.2) is 48.5 Å². The zero-order valence-electron chi connectivity index (χ0n) is 7.47. The van der Waals surface area contributed by atoms with Crippen molar-refractivity contribution in [1.29, 1.82) is 0 Å². The maximum atomic E-state index is 9.06. The predicted octanol–water partition coefficient (Wildman–Crippen LogP) is 2.98. The van der Waals surface area contributed by atoms with E-state index in [2.05, 4.69) is 6.07 Å². The minimum absolute atomic E-state index is 0.233. The second-order valence-corrected chi connectivity index (χ2v) is 2.84. The fraction of sp³-hybridized carbons (Fsp3) is 0. The van der Waals surface area contributed by atoms with Gasteiger partial charge >= 0.3 is 0 Å². The first-order chi connectivity index (χ1) is 6.84. The van der Waals surface area contributed by atoms with E-state index in [4.69, 9.17) is 9.84 Å². The Balaban J connectivity index is 2.16. The largest absolute Gasteiger partial charge is 0.508 e. The third-order valence-electron chi connectivity index (χ3n) is 1.75. The van der Waals surface area contributed by atoms with Crippen molar-refractivity contribution < 1.29 is 9.84 Å². The predicted molar refractivity (Wildman–Crippen MR) is 53.5 cm³/mol. The molecule has 2 nitrogen and oxygen atoms in total. The Bertz CT molecular complexity index is 392. The molecule has 0 unspecified atom stereocenters. The van der Waals surface area contributed by atoms with Gasteiger partial charge < -0.3 is 9.84 Å².